The molecule has 0 radical (unpaired) electrons. The first-order chi connectivity index (χ1) is 18.2. The van der Waals surface area contributed by atoms with Gasteiger partial charge in [0.05, 0.1) is 27.2 Å². The van der Waals surface area contributed by atoms with Crippen molar-refractivity contribution in [2.75, 3.05) is 4.90 Å². The Morgan fingerprint density at radius 2 is 1.03 bits per heavy atom. The molecule has 7 aromatic rings. The summed E-state index contributed by atoms with van der Waals surface area (Å²) in [5, 5.41) is 1.60. The molecule has 0 atom stereocenters. The molecule has 2 aromatic heterocycles. The van der Waals surface area contributed by atoms with Gasteiger partial charge in [-0.2, -0.15) is 0 Å². The SMILES string of the molecule is O=c1c2ccccc2oc2cc3oc4c(N(c5ccccc5)c5ccccc5)cccc4c(=O)c3cc12. The van der Waals surface area contributed by atoms with Gasteiger partial charge in [-0.05, 0) is 54.6 Å². The molecule has 0 aliphatic rings. The number of para-hydroxylation sites is 4. The second-order valence-electron chi connectivity index (χ2n) is 8.86. The minimum Gasteiger partial charge on any atom is -0.456 e. The predicted molar refractivity (Wildman–Crippen MR) is 148 cm³/mol. The first-order valence-electron chi connectivity index (χ1n) is 11.9. The van der Waals surface area contributed by atoms with E-state index in [-0.39, 0.29) is 10.9 Å². The minimum absolute atomic E-state index is 0.175. The molecule has 5 nitrogen and oxygen atoms in total. The van der Waals surface area contributed by atoms with Crippen LogP contribution >= 0.6 is 0 Å². The Balaban J connectivity index is 1.56. The summed E-state index contributed by atoms with van der Waals surface area (Å²) in [6, 6.07) is 35.7. The fourth-order valence-electron chi connectivity index (χ4n) is 4.92. The molecule has 0 saturated heterocycles. The number of fused-ring (bicyclic) bond motifs is 4. The molecule has 0 amide bonds. The van der Waals surface area contributed by atoms with Crippen molar-refractivity contribution in [1.82, 2.24) is 0 Å². The van der Waals surface area contributed by atoms with E-state index in [0.717, 1.165) is 17.1 Å². The highest BCUT2D eigenvalue weighted by Gasteiger charge is 2.20. The van der Waals surface area contributed by atoms with Crippen molar-refractivity contribution in [1.29, 1.82) is 0 Å². The van der Waals surface area contributed by atoms with Crippen LogP contribution in [0.4, 0.5) is 17.1 Å². The molecule has 5 aromatic carbocycles. The van der Waals surface area contributed by atoms with Crippen LogP contribution in [0.25, 0.3) is 43.9 Å². The van der Waals surface area contributed by atoms with Gasteiger partial charge in [-0.3, -0.25) is 9.59 Å². The van der Waals surface area contributed by atoms with Crippen LogP contribution in [0.3, 0.4) is 0 Å². The van der Waals surface area contributed by atoms with Gasteiger partial charge in [-0.15, -0.1) is 0 Å². The molecule has 0 fully saturated rings. The van der Waals surface area contributed by atoms with E-state index in [1.165, 1.54) is 0 Å². The summed E-state index contributed by atoms with van der Waals surface area (Å²) in [5.41, 5.74) is 3.89. The van der Waals surface area contributed by atoms with E-state index < -0.39 is 0 Å². The fourth-order valence-corrected chi connectivity index (χ4v) is 4.92. The highest BCUT2D eigenvalue weighted by molar-refractivity contribution is 6.03. The summed E-state index contributed by atoms with van der Waals surface area (Å²) in [5.74, 6) is 0. The van der Waals surface area contributed by atoms with Crippen LogP contribution < -0.4 is 15.8 Å². The van der Waals surface area contributed by atoms with Crippen LogP contribution in [0.5, 0.6) is 0 Å². The van der Waals surface area contributed by atoms with E-state index in [1.807, 2.05) is 78.9 Å². The second kappa shape index (κ2) is 8.21. The monoisotopic (exact) mass is 481 g/mol. The molecule has 0 saturated carbocycles. The minimum atomic E-state index is -0.200. The van der Waals surface area contributed by atoms with Crippen LogP contribution in [0, 0.1) is 0 Å². The average molecular weight is 482 g/mol. The molecule has 0 aliphatic heterocycles. The van der Waals surface area contributed by atoms with Gasteiger partial charge in [0.1, 0.15) is 16.7 Å². The van der Waals surface area contributed by atoms with Crippen molar-refractivity contribution >= 4 is 60.9 Å². The van der Waals surface area contributed by atoms with Crippen LogP contribution in [0.15, 0.2) is 134 Å². The first-order valence-corrected chi connectivity index (χ1v) is 11.9. The lowest BCUT2D eigenvalue weighted by Gasteiger charge is -2.25. The van der Waals surface area contributed by atoms with E-state index in [1.54, 1.807) is 36.4 Å². The third-order valence-corrected chi connectivity index (χ3v) is 6.64. The third-order valence-electron chi connectivity index (χ3n) is 6.64. The maximum Gasteiger partial charge on any atom is 0.200 e. The van der Waals surface area contributed by atoms with Crippen LogP contribution in [-0.4, -0.2) is 0 Å². The number of benzene rings is 5. The summed E-state index contributed by atoms with van der Waals surface area (Å²) in [4.78, 5) is 29.0. The Labute approximate surface area is 210 Å². The Morgan fingerprint density at radius 1 is 0.459 bits per heavy atom. The molecule has 0 N–H and O–H groups in total. The van der Waals surface area contributed by atoms with E-state index in [2.05, 4.69) is 4.90 Å². The zero-order valence-corrected chi connectivity index (χ0v) is 19.5. The van der Waals surface area contributed by atoms with Crippen molar-refractivity contribution in [3.8, 4) is 0 Å². The average Bonchev–Trinajstić information content (AvgIpc) is 2.94. The van der Waals surface area contributed by atoms with Crippen LogP contribution in [0.2, 0.25) is 0 Å². The van der Waals surface area contributed by atoms with Crippen molar-refractivity contribution in [3.05, 3.63) is 136 Å². The van der Waals surface area contributed by atoms with Crippen molar-refractivity contribution in [2.24, 2.45) is 0 Å². The van der Waals surface area contributed by atoms with Gasteiger partial charge in [0.25, 0.3) is 0 Å². The molecule has 7 rings (SSSR count). The van der Waals surface area contributed by atoms with Gasteiger partial charge in [0.15, 0.2) is 5.58 Å². The zero-order valence-electron chi connectivity index (χ0n) is 19.5. The highest BCUT2D eigenvalue weighted by Crippen LogP contribution is 2.39. The Morgan fingerprint density at radius 3 is 1.73 bits per heavy atom. The number of anilines is 3. The summed E-state index contributed by atoms with van der Waals surface area (Å²) in [6.45, 7) is 0. The predicted octanol–water partition coefficient (Wildman–Crippen LogP) is 7.68. The molecular weight excluding hydrogens is 462 g/mol. The van der Waals surface area contributed by atoms with E-state index in [0.29, 0.717) is 43.9 Å². The van der Waals surface area contributed by atoms with Gasteiger partial charge in [-0.1, -0.05) is 54.6 Å². The van der Waals surface area contributed by atoms with Crippen molar-refractivity contribution < 1.29 is 8.83 Å². The molecule has 37 heavy (non-hydrogen) atoms. The fraction of sp³-hybridized carbons (Fsp3) is 0. The normalized spacial score (nSPS) is 11.5. The Bertz CT molecular complexity index is 2040. The summed E-state index contributed by atoms with van der Waals surface area (Å²) in [6.07, 6.45) is 0. The number of hydrogen-bond acceptors (Lipinski definition) is 5. The standard InChI is InChI=1S/C32H19NO4/c34-30-22-14-7-8-17-27(22)36-28-19-29-25(18-24(28)30)31(35)23-15-9-16-26(32(23)37-29)33(20-10-3-1-4-11-20)21-12-5-2-6-13-21/h1-19H. The van der Waals surface area contributed by atoms with E-state index in [9.17, 15) is 9.59 Å². The van der Waals surface area contributed by atoms with Gasteiger partial charge in [0, 0.05) is 17.4 Å². The smallest absolute Gasteiger partial charge is 0.200 e. The van der Waals surface area contributed by atoms with Gasteiger partial charge in [0.2, 0.25) is 10.9 Å². The zero-order chi connectivity index (χ0) is 24.9. The topological polar surface area (TPSA) is 63.7 Å². The molecule has 176 valence electrons. The maximum absolute atomic E-state index is 13.7. The van der Waals surface area contributed by atoms with Crippen molar-refractivity contribution in [3.63, 3.8) is 0 Å². The number of hydrogen-bond donors (Lipinski definition) is 0. The first kappa shape index (κ1) is 21.1. The lowest BCUT2D eigenvalue weighted by molar-refractivity contribution is 0.646. The van der Waals surface area contributed by atoms with Gasteiger partial charge in [-0.25, -0.2) is 0 Å². The lowest BCUT2D eigenvalue weighted by atomic mass is 10.1. The molecule has 0 aliphatic carbocycles. The van der Waals surface area contributed by atoms with Crippen molar-refractivity contribution in [2.45, 2.75) is 0 Å². The lowest BCUT2D eigenvalue weighted by Crippen LogP contribution is -2.12. The van der Waals surface area contributed by atoms with E-state index in [4.69, 9.17) is 8.83 Å². The molecule has 0 bridgehead atoms. The van der Waals surface area contributed by atoms with Gasteiger partial charge >= 0.3 is 0 Å². The summed E-state index contributed by atoms with van der Waals surface area (Å²) >= 11 is 0. The quantitative estimate of drug-likeness (QED) is 0.242. The summed E-state index contributed by atoms with van der Waals surface area (Å²) < 4.78 is 12.5. The Hall–Kier alpha value is -5.16. The molecular formula is C32H19NO4. The summed E-state index contributed by atoms with van der Waals surface area (Å²) in [7, 11) is 0. The van der Waals surface area contributed by atoms with E-state index >= 15 is 0 Å². The maximum atomic E-state index is 13.7. The van der Waals surface area contributed by atoms with Gasteiger partial charge < -0.3 is 13.7 Å². The van der Waals surface area contributed by atoms with Crippen LogP contribution in [0.1, 0.15) is 0 Å². The third kappa shape index (κ3) is 3.32. The highest BCUT2D eigenvalue weighted by atomic mass is 16.3. The number of nitrogens with zero attached hydrogens (tertiary/aromatic N) is 1. The second-order valence-corrected chi connectivity index (χ2v) is 8.86. The number of rotatable bonds is 3. The molecule has 2 heterocycles. The molecule has 0 unspecified atom stereocenters. The van der Waals surface area contributed by atoms with Crippen LogP contribution in [-0.2, 0) is 0 Å². The molecule has 5 heteroatoms. The largest absolute Gasteiger partial charge is 0.456 e. The molecule has 0 spiro atoms. The Kier molecular flexibility index (Phi) is 4.69.